The van der Waals surface area contributed by atoms with Gasteiger partial charge in [-0.1, -0.05) is 0 Å². The summed E-state index contributed by atoms with van der Waals surface area (Å²) in [5, 5.41) is 2.57. The Morgan fingerprint density at radius 2 is 1.62 bits per heavy atom. The largest absolute Gasteiger partial charge is 0.444 e. The van der Waals surface area contributed by atoms with E-state index in [-0.39, 0.29) is 13.1 Å². The van der Waals surface area contributed by atoms with Crippen LogP contribution in [0.15, 0.2) is 24.3 Å². The molecule has 1 aromatic carbocycles. The number of alkyl carbamates (subject to hydrolysis) is 1. The number of hydrogen-bond acceptors (Lipinski definition) is 5. The maximum Gasteiger partial charge on any atom is 0.407 e. The molecule has 7 nitrogen and oxygen atoms in total. The number of sulfonamides is 1. The Morgan fingerprint density at radius 1 is 1.12 bits per heavy atom. The number of carbonyl (C=O) groups is 1. The highest BCUT2D eigenvalue weighted by Crippen LogP contribution is 2.21. The van der Waals surface area contributed by atoms with Crippen molar-refractivity contribution < 1.29 is 17.9 Å². The van der Waals surface area contributed by atoms with Gasteiger partial charge in [0, 0.05) is 26.3 Å². The molecule has 0 saturated carbocycles. The molecule has 0 radical (unpaired) electrons. The van der Waals surface area contributed by atoms with E-state index in [1.54, 1.807) is 32.9 Å². The minimum absolute atomic E-state index is 0.124. The van der Waals surface area contributed by atoms with Gasteiger partial charge in [-0.3, -0.25) is 4.31 Å². The summed E-state index contributed by atoms with van der Waals surface area (Å²) in [6, 6.07) is 7.16. The van der Waals surface area contributed by atoms with Gasteiger partial charge < -0.3 is 15.0 Å². The van der Waals surface area contributed by atoms with Crippen LogP contribution in [0.25, 0.3) is 0 Å². The third kappa shape index (κ3) is 6.66. The van der Waals surface area contributed by atoms with Crippen molar-refractivity contribution >= 4 is 27.5 Å². The predicted molar refractivity (Wildman–Crippen MR) is 97.2 cm³/mol. The number of nitrogens with one attached hydrogen (secondary N) is 1. The normalized spacial score (nSPS) is 11.8. The van der Waals surface area contributed by atoms with Crippen LogP contribution in [0.4, 0.5) is 16.2 Å². The van der Waals surface area contributed by atoms with Gasteiger partial charge in [-0.2, -0.15) is 0 Å². The first-order valence-electron chi connectivity index (χ1n) is 7.62. The molecule has 1 rings (SSSR count). The Kier molecular flexibility index (Phi) is 6.48. The highest BCUT2D eigenvalue weighted by Gasteiger charge is 2.19. The number of ether oxygens (including phenoxy) is 1. The second kappa shape index (κ2) is 7.74. The van der Waals surface area contributed by atoms with Crippen molar-refractivity contribution in [3.8, 4) is 0 Å². The maximum absolute atomic E-state index is 12.0. The van der Waals surface area contributed by atoms with Crippen LogP contribution in [0.1, 0.15) is 20.8 Å². The van der Waals surface area contributed by atoms with Crippen LogP contribution in [0.2, 0.25) is 0 Å². The van der Waals surface area contributed by atoms with Gasteiger partial charge >= 0.3 is 6.09 Å². The molecule has 0 fully saturated rings. The summed E-state index contributed by atoms with van der Waals surface area (Å²) in [6.07, 6.45) is 0.569. The molecule has 0 atom stereocenters. The van der Waals surface area contributed by atoms with E-state index < -0.39 is 21.7 Å². The standard InChI is InChI=1S/C16H27N3O4S/c1-16(2,3)23-15(20)17-11-12-19(24(6,21)22)14-9-7-13(8-10-14)18(4)5/h7-10H,11-12H2,1-6H3,(H,17,20). The number of nitrogens with zero attached hydrogens (tertiary/aromatic N) is 2. The summed E-state index contributed by atoms with van der Waals surface area (Å²) < 4.78 is 30.4. The number of amides is 1. The zero-order valence-corrected chi connectivity index (χ0v) is 16.0. The smallest absolute Gasteiger partial charge is 0.407 e. The lowest BCUT2D eigenvalue weighted by Crippen LogP contribution is -2.40. The third-order valence-corrected chi connectivity index (χ3v) is 4.23. The van der Waals surface area contributed by atoms with Crippen LogP contribution in [0, 0.1) is 0 Å². The highest BCUT2D eigenvalue weighted by atomic mass is 32.2. The fraction of sp³-hybridized carbons (Fsp3) is 0.562. The molecule has 1 aromatic rings. The zero-order chi connectivity index (χ0) is 18.5. The van der Waals surface area contributed by atoms with E-state index in [9.17, 15) is 13.2 Å². The van der Waals surface area contributed by atoms with Crippen LogP contribution < -0.4 is 14.5 Å². The van der Waals surface area contributed by atoms with Gasteiger partial charge in [0.15, 0.2) is 0 Å². The van der Waals surface area contributed by atoms with Gasteiger partial charge in [0.25, 0.3) is 0 Å². The summed E-state index contributed by atoms with van der Waals surface area (Å²) in [5.74, 6) is 0. The zero-order valence-electron chi connectivity index (χ0n) is 15.2. The topological polar surface area (TPSA) is 79.0 Å². The van der Waals surface area contributed by atoms with Gasteiger partial charge in [0.05, 0.1) is 18.5 Å². The fourth-order valence-electron chi connectivity index (χ4n) is 1.98. The molecule has 0 heterocycles. The summed E-state index contributed by atoms with van der Waals surface area (Å²) in [6.45, 7) is 5.57. The first-order valence-corrected chi connectivity index (χ1v) is 9.47. The molecule has 1 amide bonds. The number of hydrogen-bond donors (Lipinski definition) is 1. The average molecular weight is 357 g/mol. The molecular formula is C16H27N3O4S. The van der Waals surface area contributed by atoms with Crippen LogP contribution in [0.3, 0.4) is 0 Å². The van der Waals surface area contributed by atoms with Crippen molar-refractivity contribution in [1.82, 2.24) is 5.32 Å². The van der Waals surface area contributed by atoms with Gasteiger partial charge in [0.2, 0.25) is 10.0 Å². The van der Waals surface area contributed by atoms with Gasteiger partial charge in [-0.05, 0) is 45.0 Å². The van der Waals surface area contributed by atoms with E-state index in [4.69, 9.17) is 4.74 Å². The van der Waals surface area contributed by atoms with E-state index in [1.165, 1.54) is 4.31 Å². The highest BCUT2D eigenvalue weighted by molar-refractivity contribution is 7.92. The molecule has 0 spiro atoms. The third-order valence-electron chi connectivity index (χ3n) is 3.04. The van der Waals surface area contributed by atoms with Crippen LogP contribution in [-0.4, -0.2) is 53.6 Å². The van der Waals surface area contributed by atoms with Gasteiger partial charge in [-0.25, -0.2) is 13.2 Å². The Balaban J connectivity index is 2.76. The van der Waals surface area contributed by atoms with Crippen LogP contribution in [-0.2, 0) is 14.8 Å². The van der Waals surface area contributed by atoms with Crippen molar-refractivity contribution in [3.63, 3.8) is 0 Å². The summed E-state index contributed by atoms with van der Waals surface area (Å²) in [7, 11) is 0.365. The van der Waals surface area contributed by atoms with Crippen molar-refractivity contribution in [2.45, 2.75) is 26.4 Å². The van der Waals surface area contributed by atoms with Crippen molar-refractivity contribution in [3.05, 3.63) is 24.3 Å². The quantitative estimate of drug-likeness (QED) is 0.843. The Labute approximate surface area is 144 Å². The number of carbonyl (C=O) groups excluding carboxylic acids is 1. The molecule has 24 heavy (non-hydrogen) atoms. The first-order chi connectivity index (χ1) is 10.9. The monoisotopic (exact) mass is 357 g/mol. The van der Waals surface area contributed by atoms with Crippen LogP contribution in [0.5, 0.6) is 0 Å². The second-order valence-corrected chi connectivity index (χ2v) is 8.58. The summed E-state index contributed by atoms with van der Waals surface area (Å²) in [4.78, 5) is 13.6. The molecule has 0 aliphatic rings. The van der Waals surface area contributed by atoms with E-state index in [0.717, 1.165) is 11.9 Å². The number of benzene rings is 1. The SMILES string of the molecule is CN(C)c1ccc(N(CCNC(=O)OC(C)(C)C)S(C)(=O)=O)cc1. The molecule has 136 valence electrons. The summed E-state index contributed by atoms with van der Waals surface area (Å²) >= 11 is 0. The molecule has 0 aromatic heterocycles. The first kappa shape index (κ1) is 20.1. The lowest BCUT2D eigenvalue weighted by molar-refractivity contribution is 0.0529. The molecule has 0 aliphatic heterocycles. The molecule has 0 bridgehead atoms. The molecule has 8 heteroatoms. The molecule has 1 N–H and O–H groups in total. The van der Waals surface area contributed by atoms with Crippen molar-refractivity contribution in [2.75, 3.05) is 42.6 Å². The molecule has 0 aliphatic carbocycles. The summed E-state index contributed by atoms with van der Waals surface area (Å²) in [5.41, 5.74) is 0.927. The molecule has 0 unspecified atom stereocenters. The fourth-order valence-corrected chi connectivity index (χ4v) is 2.90. The maximum atomic E-state index is 12.0. The minimum Gasteiger partial charge on any atom is -0.444 e. The average Bonchev–Trinajstić information content (AvgIpc) is 2.40. The number of anilines is 2. The van der Waals surface area contributed by atoms with E-state index >= 15 is 0 Å². The number of rotatable bonds is 6. The minimum atomic E-state index is -3.46. The van der Waals surface area contributed by atoms with Crippen molar-refractivity contribution in [2.24, 2.45) is 0 Å². The predicted octanol–water partition coefficient (Wildman–Crippen LogP) is 2.04. The molecular weight excluding hydrogens is 330 g/mol. The van der Waals surface area contributed by atoms with E-state index in [0.29, 0.717) is 5.69 Å². The van der Waals surface area contributed by atoms with E-state index in [1.807, 2.05) is 31.1 Å². The Bertz CT molecular complexity index is 649. The lowest BCUT2D eigenvalue weighted by Gasteiger charge is -2.24. The van der Waals surface area contributed by atoms with Gasteiger partial charge in [0.1, 0.15) is 5.60 Å². The lowest BCUT2D eigenvalue weighted by atomic mass is 10.2. The molecule has 0 saturated heterocycles. The van der Waals surface area contributed by atoms with E-state index in [2.05, 4.69) is 5.32 Å². The van der Waals surface area contributed by atoms with Crippen molar-refractivity contribution in [1.29, 1.82) is 0 Å². The Morgan fingerprint density at radius 3 is 2.04 bits per heavy atom. The Hall–Kier alpha value is -1.96. The second-order valence-electron chi connectivity index (χ2n) is 6.67. The van der Waals surface area contributed by atoms with Crippen LogP contribution >= 0.6 is 0 Å². The van der Waals surface area contributed by atoms with Gasteiger partial charge in [-0.15, -0.1) is 0 Å².